The molecule has 0 atom stereocenters. The van der Waals surface area contributed by atoms with Crippen LogP contribution < -0.4 is 10.5 Å². The predicted octanol–water partition coefficient (Wildman–Crippen LogP) is 2.77. The summed E-state index contributed by atoms with van der Waals surface area (Å²) in [6, 6.07) is 6.21. The Kier molecular flexibility index (Phi) is 4.15. The Balaban J connectivity index is 2.18. The molecule has 0 aliphatic carbocycles. The van der Waals surface area contributed by atoms with E-state index in [0.29, 0.717) is 5.02 Å². The summed E-state index contributed by atoms with van der Waals surface area (Å²) in [6.45, 7) is 2.22. The molecule has 0 amide bonds. The third-order valence-electron chi connectivity index (χ3n) is 2.67. The van der Waals surface area contributed by atoms with Crippen LogP contribution in [0.3, 0.4) is 0 Å². The van der Waals surface area contributed by atoms with Crippen molar-refractivity contribution in [2.24, 2.45) is 0 Å². The number of thiophene rings is 1. The molecule has 3 N–H and O–H groups in total. The average Bonchev–Trinajstić information content (AvgIpc) is 2.76. The summed E-state index contributed by atoms with van der Waals surface area (Å²) >= 11 is 7.29. The molecule has 0 unspecified atom stereocenters. The minimum Gasteiger partial charge on any atom is -0.397 e. The van der Waals surface area contributed by atoms with Crippen molar-refractivity contribution in [1.82, 2.24) is 4.72 Å². The lowest BCUT2D eigenvalue weighted by Crippen LogP contribution is -2.23. The maximum absolute atomic E-state index is 12.1. The molecular weight excluding hydrogens is 304 g/mol. The second-order valence-corrected chi connectivity index (χ2v) is 7.21. The van der Waals surface area contributed by atoms with Gasteiger partial charge >= 0.3 is 0 Å². The number of halogens is 1. The molecule has 19 heavy (non-hydrogen) atoms. The minimum atomic E-state index is -3.57. The van der Waals surface area contributed by atoms with Crippen LogP contribution in [0.4, 0.5) is 5.69 Å². The third-order valence-corrected chi connectivity index (χ3v) is 5.43. The van der Waals surface area contributed by atoms with Gasteiger partial charge in [0.1, 0.15) is 0 Å². The van der Waals surface area contributed by atoms with Gasteiger partial charge in [-0.05, 0) is 42.1 Å². The van der Waals surface area contributed by atoms with Crippen LogP contribution in [0.5, 0.6) is 0 Å². The first-order chi connectivity index (χ1) is 8.90. The van der Waals surface area contributed by atoms with Crippen LogP contribution in [0.25, 0.3) is 0 Å². The van der Waals surface area contributed by atoms with E-state index < -0.39 is 10.0 Å². The van der Waals surface area contributed by atoms with Crippen molar-refractivity contribution in [3.8, 4) is 0 Å². The lowest BCUT2D eigenvalue weighted by atomic mass is 10.3. The zero-order valence-corrected chi connectivity index (χ0v) is 12.6. The molecule has 1 aromatic heterocycles. The Labute approximate surface area is 121 Å². The number of nitrogens with one attached hydrogen (secondary N) is 1. The number of aryl methyl sites for hydroxylation is 1. The molecule has 0 aliphatic rings. The first-order valence-electron chi connectivity index (χ1n) is 5.48. The minimum absolute atomic E-state index is 0.114. The van der Waals surface area contributed by atoms with Crippen LogP contribution in [0.15, 0.2) is 34.5 Å². The molecule has 1 aromatic carbocycles. The highest BCUT2D eigenvalue weighted by Crippen LogP contribution is 2.22. The normalized spacial score (nSPS) is 11.7. The zero-order chi connectivity index (χ0) is 14.0. The smallest absolute Gasteiger partial charge is 0.240 e. The fourth-order valence-corrected chi connectivity index (χ4v) is 3.60. The number of rotatable bonds is 4. The molecule has 0 saturated carbocycles. The number of nitrogen functional groups attached to an aromatic ring is 1. The molecule has 2 rings (SSSR count). The SMILES string of the molecule is Cc1ccsc1CNS(=O)(=O)c1ccc(Cl)c(N)c1. The van der Waals surface area contributed by atoms with Crippen molar-refractivity contribution in [2.75, 3.05) is 5.73 Å². The molecule has 1 heterocycles. The number of nitrogens with two attached hydrogens (primary N) is 1. The largest absolute Gasteiger partial charge is 0.397 e. The maximum Gasteiger partial charge on any atom is 0.240 e. The Morgan fingerprint density at radius 2 is 2.11 bits per heavy atom. The van der Waals surface area contributed by atoms with Crippen molar-refractivity contribution < 1.29 is 8.42 Å². The maximum atomic E-state index is 12.1. The van der Waals surface area contributed by atoms with Crippen molar-refractivity contribution >= 4 is 38.6 Å². The van der Waals surface area contributed by atoms with Crippen molar-refractivity contribution in [1.29, 1.82) is 0 Å². The van der Waals surface area contributed by atoms with E-state index in [0.717, 1.165) is 10.4 Å². The molecular formula is C12H13ClN2O2S2. The summed E-state index contributed by atoms with van der Waals surface area (Å²) in [6.07, 6.45) is 0. The van der Waals surface area contributed by atoms with E-state index in [-0.39, 0.29) is 17.1 Å². The molecule has 0 spiro atoms. The first kappa shape index (κ1) is 14.3. The van der Waals surface area contributed by atoms with Gasteiger partial charge in [0, 0.05) is 11.4 Å². The monoisotopic (exact) mass is 316 g/mol. The summed E-state index contributed by atoms with van der Waals surface area (Å²) in [5.41, 5.74) is 6.93. The highest BCUT2D eigenvalue weighted by Gasteiger charge is 2.15. The summed E-state index contributed by atoms with van der Waals surface area (Å²) in [7, 11) is -3.57. The summed E-state index contributed by atoms with van der Waals surface area (Å²) in [5, 5.41) is 2.27. The summed E-state index contributed by atoms with van der Waals surface area (Å²) < 4.78 is 26.7. The van der Waals surface area contributed by atoms with E-state index >= 15 is 0 Å². The molecule has 0 bridgehead atoms. The first-order valence-corrected chi connectivity index (χ1v) is 8.22. The van der Waals surface area contributed by atoms with E-state index in [4.69, 9.17) is 17.3 Å². The van der Waals surface area contributed by atoms with Gasteiger partial charge < -0.3 is 5.73 Å². The molecule has 0 saturated heterocycles. The molecule has 0 fully saturated rings. The van der Waals surface area contributed by atoms with Gasteiger partial charge in [-0.2, -0.15) is 0 Å². The van der Waals surface area contributed by atoms with Gasteiger partial charge in [0.2, 0.25) is 10.0 Å². The van der Waals surface area contributed by atoms with E-state index in [1.165, 1.54) is 29.5 Å². The zero-order valence-electron chi connectivity index (χ0n) is 10.2. The fraction of sp³-hybridized carbons (Fsp3) is 0.167. The average molecular weight is 317 g/mol. The van der Waals surface area contributed by atoms with Gasteiger partial charge in [0.25, 0.3) is 0 Å². The molecule has 0 radical (unpaired) electrons. The van der Waals surface area contributed by atoms with Gasteiger partial charge in [-0.25, -0.2) is 13.1 Å². The van der Waals surface area contributed by atoms with E-state index in [1.54, 1.807) is 0 Å². The molecule has 102 valence electrons. The molecule has 4 nitrogen and oxygen atoms in total. The number of hydrogen-bond acceptors (Lipinski definition) is 4. The highest BCUT2D eigenvalue weighted by atomic mass is 35.5. The molecule has 7 heteroatoms. The second-order valence-electron chi connectivity index (χ2n) is 4.03. The quantitative estimate of drug-likeness (QED) is 0.852. The molecule has 0 aliphatic heterocycles. The van der Waals surface area contributed by atoms with Gasteiger partial charge in [0.15, 0.2) is 0 Å². The Hall–Kier alpha value is -1.08. The van der Waals surface area contributed by atoms with Gasteiger partial charge in [-0.15, -0.1) is 11.3 Å². The van der Waals surface area contributed by atoms with Crippen LogP contribution in [0.1, 0.15) is 10.4 Å². The number of anilines is 1. The second kappa shape index (κ2) is 5.50. The lowest BCUT2D eigenvalue weighted by Gasteiger charge is -2.07. The molecule has 2 aromatic rings. The van der Waals surface area contributed by atoms with Crippen LogP contribution in [0.2, 0.25) is 5.02 Å². The van der Waals surface area contributed by atoms with Crippen LogP contribution in [0, 0.1) is 6.92 Å². The van der Waals surface area contributed by atoms with Crippen LogP contribution >= 0.6 is 22.9 Å². The van der Waals surface area contributed by atoms with E-state index in [9.17, 15) is 8.42 Å². The summed E-state index contributed by atoms with van der Waals surface area (Å²) in [5.74, 6) is 0. The van der Waals surface area contributed by atoms with Crippen molar-refractivity contribution in [3.05, 3.63) is 45.1 Å². The summed E-state index contributed by atoms with van der Waals surface area (Å²) in [4.78, 5) is 1.11. The van der Waals surface area contributed by atoms with Gasteiger partial charge in [-0.3, -0.25) is 0 Å². The number of benzene rings is 1. The third kappa shape index (κ3) is 3.27. The van der Waals surface area contributed by atoms with Crippen molar-refractivity contribution in [2.45, 2.75) is 18.4 Å². The Morgan fingerprint density at radius 1 is 1.37 bits per heavy atom. The Morgan fingerprint density at radius 3 is 2.68 bits per heavy atom. The predicted molar refractivity (Wildman–Crippen MR) is 78.9 cm³/mol. The van der Waals surface area contributed by atoms with E-state index in [1.807, 2.05) is 18.4 Å². The topological polar surface area (TPSA) is 72.2 Å². The van der Waals surface area contributed by atoms with Gasteiger partial charge in [0.05, 0.1) is 15.6 Å². The lowest BCUT2D eigenvalue weighted by molar-refractivity contribution is 0.582. The number of hydrogen-bond donors (Lipinski definition) is 2. The van der Waals surface area contributed by atoms with Crippen LogP contribution in [-0.2, 0) is 16.6 Å². The van der Waals surface area contributed by atoms with Gasteiger partial charge in [-0.1, -0.05) is 11.6 Å². The fourth-order valence-electron chi connectivity index (χ4n) is 1.52. The number of sulfonamides is 1. The van der Waals surface area contributed by atoms with E-state index in [2.05, 4.69) is 4.72 Å². The Bertz CT molecular complexity index is 696. The van der Waals surface area contributed by atoms with Crippen LogP contribution in [-0.4, -0.2) is 8.42 Å². The van der Waals surface area contributed by atoms with Crippen molar-refractivity contribution in [3.63, 3.8) is 0 Å². The standard InChI is InChI=1S/C12H13ClN2O2S2/c1-8-4-5-18-12(8)7-15-19(16,17)9-2-3-10(13)11(14)6-9/h2-6,15H,7,14H2,1H3. The highest BCUT2D eigenvalue weighted by molar-refractivity contribution is 7.89.